The Labute approximate surface area is 212 Å². The van der Waals surface area contributed by atoms with Crippen molar-refractivity contribution in [2.45, 2.75) is 0 Å². The van der Waals surface area contributed by atoms with E-state index in [1.807, 2.05) is 0 Å². The van der Waals surface area contributed by atoms with Crippen LogP contribution in [0.15, 0.2) is 0 Å². The van der Waals surface area contributed by atoms with Crippen molar-refractivity contribution in [3.8, 4) is 0 Å². The number of hydrogen-bond acceptors (Lipinski definition) is 15. The highest BCUT2D eigenvalue weighted by Gasteiger charge is 1.94. The fraction of sp³-hybridized carbons (Fsp3) is 0. The Morgan fingerprint density at radius 1 is 0.132 bits per heavy atom. The first-order valence-corrected chi connectivity index (χ1v) is 3.87. The summed E-state index contributed by atoms with van der Waals surface area (Å²) in [7, 11) is -10.8. The number of hydrogen-bond donors (Lipinski definition) is 15. The summed E-state index contributed by atoms with van der Waals surface area (Å²) in [6.45, 7) is 0. The molecule has 0 amide bonds. The first-order chi connectivity index (χ1) is 8.66. The average molecular weight is 633 g/mol. The summed E-state index contributed by atoms with van der Waals surface area (Å²) in [6.07, 6.45) is 0. The molecule has 38 heteroatoms. The molecule has 0 aromatic heterocycles. The van der Waals surface area contributed by atoms with E-state index >= 15 is 0 Å². The molecule has 0 unspecified atom stereocenters. The molecule has 51 N–H and O–H groups in total. The van der Waals surface area contributed by atoms with E-state index in [0.29, 0.717) is 0 Å². The van der Waals surface area contributed by atoms with Gasteiger partial charge in [-0.3, -0.25) is 0 Å². The van der Waals surface area contributed by atoms with Gasteiger partial charge in [0.05, 0.1) is 0 Å². The predicted octanol–water partition coefficient (Wildman–Crippen LogP) is -25.1. The van der Waals surface area contributed by atoms with Crippen LogP contribution in [0, 0.1) is 0 Å². The number of rotatable bonds is 0. The van der Waals surface area contributed by atoms with Crippen LogP contribution < -0.4 is 0 Å². The van der Waals surface area contributed by atoms with E-state index in [0.717, 1.165) is 0 Å². The Kier molecular flexibility index (Phi) is 1450. The Morgan fingerprint density at radius 2 is 0.132 bits per heavy atom. The molecule has 0 heterocycles. The maximum atomic E-state index is 7.17. The van der Waals surface area contributed by atoms with Gasteiger partial charge in [-0.05, 0) is 0 Å². The zero-order chi connectivity index (χ0) is 17.9. The second kappa shape index (κ2) is 225. The zero-order valence-corrected chi connectivity index (χ0v) is 18.6. The van der Waals surface area contributed by atoms with Crippen molar-refractivity contribution in [1.82, 2.24) is 0 Å². The third-order valence-corrected chi connectivity index (χ3v) is 0. The molecule has 0 fully saturated rings. The van der Waals surface area contributed by atoms with E-state index in [1.54, 1.807) is 0 Å². The quantitative estimate of drug-likeness (QED) is 0.110. The standard InChI is InChI=1S/5BH3O3.18H2O/c5*2-1(3)4;;;;;;;;;;;;;;;;;;/h5*2-4H;18*1H2. The second-order valence-corrected chi connectivity index (χ2v) is 1.73. The summed E-state index contributed by atoms with van der Waals surface area (Å²) in [6, 6.07) is 0. The maximum absolute atomic E-state index is 7.17. The molecule has 33 nitrogen and oxygen atoms in total. The third-order valence-electron chi connectivity index (χ3n) is 0. The molecule has 38 heavy (non-hydrogen) atoms. The first-order valence-electron chi connectivity index (χ1n) is 3.87. The van der Waals surface area contributed by atoms with Gasteiger partial charge in [0.2, 0.25) is 0 Å². The summed E-state index contributed by atoms with van der Waals surface area (Å²) in [5, 5.41) is 108. The van der Waals surface area contributed by atoms with Crippen LogP contribution in [0.2, 0.25) is 0 Å². The van der Waals surface area contributed by atoms with Gasteiger partial charge in [-0.2, -0.15) is 0 Å². The highest BCUT2D eigenvalue weighted by Crippen LogP contribution is 1.41. The molecule has 0 aromatic carbocycles. The minimum atomic E-state index is -2.17. The van der Waals surface area contributed by atoms with E-state index in [9.17, 15) is 0 Å². The van der Waals surface area contributed by atoms with Gasteiger partial charge in [-0.15, -0.1) is 0 Å². The summed E-state index contributed by atoms with van der Waals surface area (Å²) >= 11 is 0. The fourth-order valence-corrected chi connectivity index (χ4v) is 0. The molecule has 0 saturated carbocycles. The zero-order valence-electron chi connectivity index (χ0n) is 18.6. The van der Waals surface area contributed by atoms with Gasteiger partial charge in [0.15, 0.2) is 0 Å². The molecule has 0 saturated heterocycles. The van der Waals surface area contributed by atoms with Crippen molar-refractivity contribution >= 4 is 36.6 Å². The molecule has 0 aromatic rings. The predicted molar refractivity (Wildman–Crippen MR) is 127 cm³/mol. The highest BCUT2D eigenvalue weighted by molar-refractivity contribution is 6.31. The molecule has 0 spiro atoms. The van der Waals surface area contributed by atoms with Gasteiger partial charge >= 0.3 is 36.6 Å². The Balaban J connectivity index is -0.00000000315. The van der Waals surface area contributed by atoms with Gasteiger partial charge in [-0.25, -0.2) is 0 Å². The van der Waals surface area contributed by atoms with E-state index in [2.05, 4.69) is 0 Å². The van der Waals surface area contributed by atoms with Crippen molar-refractivity contribution in [3.63, 3.8) is 0 Å². The van der Waals surface area contributed by atoms with Crippen LogP contribution in [0.5, 0.6) is 0 Å². The SMILES string of the molecule is O.O.O.O.O.O.O.O.O.O.O.O.O.O.O.O.O.O.OB(O)O.OB(O)O.OB(O)O.OB(O)O.OB(O)O. The minimum Gasteiger partial charge on any atom is -0.412 e. The van der Waals surface area contributed by atoms with Crippen molar-refractivity contribution < 1.29 is 174 Å². The molecule has 0 aliphatic rings. The molecule has 0 aliphatic heterocycles. The lowest BCUT2D eigenvalue weighted by atomic mass is 10.3. The fourth-order valence-electron chi connectivity index (χ4n) is 0. The summed E-state index contributed by atoms with van der Waals surface area (Å²) < 4.78 is 0. The lowest BCUT2D eigenvalue weighted by Gasteiger charge is -1.69. The molecule has 264 valence electrons. The first kappa shape index (κ1) is 245. The van der Waals surface area contributed by atoms with Crippen LogP contribution in [0.4, 0.5) is 0 Å². The van der Waals surface area contributed by atoms with Crippen LogP contribution in [0.1, 0.15) is 0 Å². The smallest absolute Gasteiger partial charge is 0.412 e. The molecular formula is H51B5O33. The maximum Gasteiger partial charge on any atom is 0.631 e. The van der Waals surface area contributed by atoms with Gasteiger partial charge in [0, 0.05) is 0 Å². The molecule has 0 bridgehead atoms. The Bertz CT molecular complexity index is 79.9. The Morgan fingerprint density at radius 3 is 0.132 bits per heavy atom. The van der Waals surface area contributed by atoms with Crippen molar-refractivity contribution in [2.24, 2.45) is 0 Å². The third kappa shape index (κ3) is 40900. The molecule has 0 rings (SSSR count). The lowest BCUT2D eigenvalue weighted by Crippen LogP contribution is -2.07. The van der Waals surface area contributed by atoms with E-state index in [4.69, 9.17) is 75.4 Å². The van der Waals surface area contributed by atoms with Crippen LogP contribution in [-0.4, -0.2) is 211 Å². The van der Waals surface area contributed by atoms with E-state index < -0.39 is 36.6 Å². The van der Waals surface area contributed by atoms with Crippen molar-refractivity contribution in [2.75, 3.05) is 0 Å². The van der Waals surface area contributed by atoms with E-state index in [-0.39, 0.29) is 98.6 Å². The van der Waals surface area contributed by atoms with Crippen LogP contribution in [-0.2, 0) is 0 Å². The highest BCUT2D eigenvalue weighted by atomic mass is 16.5. The lowest BCUT2D eigenvalue weighted by molar-refractivity contribution is 0.276. The average Bonchev–Trinajstić information content (AvgIpc) is 1.94. The largest absolute Gasteiger partial charge is 0.631 e. The normalized spacial score (nSPS) is 3.55. The van der Waals surface area contributed by atoms with Gasteiger partial charge in [-0.1, -0.05) is 0 Å². The molecule has 0 aliphatic carbocycles. The van der Waals surface area contributed by atoms with Crippen LogP contribution in [0.25, 0.3) is 0 Å². The minimum absolute atomic E-state index is 0. The van der Waals surface area contributed by atoms with Crippen LogP contribution in [0.3, 0.4) is 0 Å². The molecular weight excluding hydrogens is 582 g/mol. The van der Waals surface area contributed by atoms with E-state index in [1.165, 1.54) is 0 Å². The van der Waals surface area contributed by atoms with Gasteiger partial charge < -0.3 is 174 Å². The second-order valence-electron chi connectivity index (χ2n) is 1.73. The monoisotopic (exact) mass is 634 g/mol. The van der Waals surface area contributed by atoms with Gasteiger partial charge in [0.1, 0.15) is 0 Å². The van der Waals surface area contributed by atoms with Crippen molar-refractivity contribution in [1.29, 1.82) is 0 Å². The van der Waals surface area contributed by atoms with Gasteiger partial charge in [0.25, 0.3) is 0 Å². The van der Waals surface area contributed by atoms with Crippen LogP contribution >= 0.6 is 0 Å². The summed E-state index contributed by atoms with van der Waals surface area (Å²) in [5.41, 5.74) is 0. The topological polar surface area (TPSA) is 870 Å². The van der Waals surface area contributed by atoms with Crippen molar-refractivity contribution in [3.05, 3.63) is 0 Å². The Hall–Kier alpha value is -0.995. The molecule has 0 atom stereocenters. The summed E-state index contributed by atoms with van der Waals surface area (Å²) in [5.74, 6) is 0. The summed E-state index contributed by atoms with van der Waals surface area (Å²) in [4.78, 5) is 0. The molecule has 0 radical (unpaired) electrons.